The van der Waals surface area contributed by atoms with Gasteiger partial charge in [0.25, 0.3) is 0 Å². The first-order valence-corrected chi connectivity index (χ1v) is 8.46. The molecule has 2 heteroatoms. The van der Waals surface area contributed by atoms with Crippen molar-refractivity contribution in [1.82, 2.24) is 4.98 Å². The number of nitrogens with zero attached hydrogens (tertiary/aromatic N) is 1. The molecule has 0 spiro atoms. The van der Waals surface area contributed by atoms with Gasteiger partial charge in [-0.1, -0.05) is 24.3 Å². The third-order valence-electron chi connectivity index (χ3n) is 4.66. The Kier molecular flexibility index (Phi) is 3.53. The van der Waals surface area contributed by atoms with Gasteiger partial charge in [-0.15, -0.1) is 0 Å². The Morgan fingerprint density at radius 3 is 2.48 bits per heavy atom. The number of nitrogens with one attached hydrogen (secondary N) is 1. The van der Waals surface area contributed by atoms with Crippen LogP contribution in [0.1, 0.15) is 35.2 Å². The van der Waals surface area contributed by atoms with Crippen LogP contribution in [0, 0.1) is 13.8 Å². The number of fused-ring (bicyclic) bond motifs is 2. The zero-order chi connectivity index (χ0) is 15.8. The van der Waals surface area contributed by atoms with Crippen molar-refractivity contribution < 1.29 is 0 Å². The number of para-hydroxylation sites is 1. The molecule has 2 nitrogen and oxygen atoms in total. The van der Waals surface area contributed by atoms with Crippen molar-refractivity contribution >= 4 is 22.3 Å². The lowest BCUT2D eigenvalue weighted by Crippen LogP contribution is -2.09. The number of benzene rings is 2. The Morgan fingerprint density at radius 1 is 0.913 bits per heavy atom. The molecule has 0 radical (unpaired) electrons. The largest absolute Gasteiger partial charge is 0.355 e. The lowest BCUT2D eigenvalue weighted by molar-refractivity contribution is 0.672. The lowest BCUT2D eigenvalue weighted by Gasteiger charge is -2.22. The number of pyridine rings is 1. The first-order valence-electron chi connectivity index (χ1n) is 8.46. The van der Waals surface area contributed by atoms with Crippen LogP contribution in [0.2, 0.25) is 0 Å². The highest BCUT2D eigenvalue weighted by atomic mass is 14.9. The summed E-state index contributed by atoms with van der Waals surface area (Å²) in [5.74, 6) is 0. The first-order chi connectivity index (χ1) is 11.2. The van der Waals surface area contributed by atoms with Crippen LogP contribution in [0.3, 0.4) is 0 Å². The van der Waals surface area contributed by atoms with Gasteiger partial charge >= 0.3 is 0 Å². The smallest absolute Gasteiger partial charge is 0.0726 e. The molecule has 23 heavy (non-hydrogen) atoms. The van der Waals surface area contributed by atoms with E-state index in [-0.39, 0.29) is 0 Å². The maximum atomic E-state index is 4.91. The van der Waals surface area contributed by atoms with E-state index in [2.05, 4.69) is 61.6 Å². The van der Waals surface area contributed by atoms with Crippen molar-refractivity contribution in [3.8, 4) is 0 Å². The second-order valence-electron chi connectivity index (χ2n) is 6.64. The molecule has 0 aliphatic heterocycles. The molecular weight excluding hydrogens is 280 g/mol. The summed E-state index contributed by atoms with van der Waals surface area (Å²) < 4.78 is 0. The van der Waals surface area contributed by atoms with Gasteiger partial charge in [0.15, 0.2) is 0 Å². The maximum absolute atomic E-state index is 4.91. The summed E-state index contributed by atoms with van der Waals surface area (Å²) in [6.45, 7) is 4.30. The summed E-state index contributed by atoms with van der Waals surface area (Å²) in [5, 5.41) is 4.95. The molecule has 2 aromatic carbocycles. The summed E-state index contributed by atoms with van der Waals surface area (Å²) in [4.78, 5) is 4.91. The second-order valence-corrected chi connectivity index (χ2v) is 6.64. The molecule has 1 N–H and O–H groups in total. The highest BCUT2D eigenvalue weighted by molar-refractivity contribution is 5.95. The Labute approximate surface area is 137 Å². The number of hydrogen-bond acceptors (Lipinski definition) is 2. The van der Waals surface area contributed by atoms with Crippen molar-refractivity contribution in [2.45, 2.75) is 39.5 Å². The number of hydrogen-bond donors (Lipinski definition) is 1. The normalized spacial score (nSPS) is 13.8. The van der Waals surface area contributed by atoms with E-state index >= 15 is 0 Å². The average Bonchev–Trinajstić information content (AvgIpc) is 2.54. The van der Waals surface area contributed by atoms with Gasteiger partial charge < -0.3 is 5.32 Å². The summed E-state index contributed by atoms with van der Waals surface area (Å²) in [6, 6.07) is 15.1. The number of aromatic nitrogens is 1. The number of aryl methyl sites for hydroxylation is 3. The molecule has 3 aromatic rings. The van der Waals surface area contributed by atoms with Crippen LogP contribution in [0.25, 0.3) is 10.9 Å². The minimum Gasteiger partial charge on any atom is -0.355 e. The molecule has 1 aliphatic carbocycles. The van der Waals surface area contributed by atoms with E-state index in [4.69, 9.17) is 4.98 Å². The molecule has 0 unspecified atom stereocenters. The minimum absolute atomic E-state index is 1.10. The molecule has 1 aliphatic rings. The van der Waals surface area contributed by atoms with Gasteiger partial charge in [0.05, 0.1) is 11.2 Å². The molecule has 0 saturated heterocycles. The fourth-order valence-corrected chi connectivity index (χ4v) is 3.71. The molecule has 4 rings (SSSR count). The van der Waals surface area contributed by atoms with Gasteiger partial charge in [-0.2, -0.15) is 0 Å². The molecule has 1 heterocycles. The monoisotopic (exact) mass is 302 g/mol. The van der Waals surface area contributed by atoms with E-state index in [1.807, 2.05) is 0 Å². The summed E-state index contributed by atoms with van der Waals surface area (Å²) in [6.07, 6.45) is 4.73. The van der Waals surface area contributed by atoms with Gasteiger partial charge in [-0.3, -0.25) is 4.98 Å². The molecule has 0 bridgehead atoms. The highest BCUT2D eigenvalue weighted by Gasteiger charge is 2.18. The average molecular weight is 302 g/mol. The first kappa shape index (κ1) is 14.3. The third kappa shape index (κ3) is 2.70. The van der Waals surface area contributed by atoms with Crippen LogP contribution >= 0.6 is 0 Å². The van der Waals surface area contributed by atoms with Crippen molar-refractivity contribution in [2.24, 2.45) is 0 Å². The third-order valence-corrected chi connectivity index (χ3v) is 4.66. The highest BCUT2D eigenvalue weighted by Crippen LogP contribution is 2.35. The Bertz CT molecular complexity index is 860. The van der Waals surface area contributed by atoms with Gasteiger partial charge in [0.1, 0.15) is 0 Å². The Hall–Kier alpha value is -2.35. The number of rotatable bonds is 2. The lowest BCUT2D eigenvalue weighted by atomic mass is 9.92. The summed E-state index contributed by atoms with van der Waals surface area (Å²) in [5.41, 5.74) is 8.80. The van der Waals surface area contributed by atoms with Gasteiger partial charge in [0, 0.05) is 16.8 Å². The maximum Gasteiger partial charge on any atom is 0.0726 e. The fourth-order valence-electron chi connectivity index (χ4n) is 3.71. The Balaban J connectivity index is 1.90. The molecule has 0 atom stereocenters. The van der Waals surface area contributed by atoms with Gasteiger partial charge in [0.2, 0.25) is 0 Å². The van der Waals surface area contributed by atoms with Gasteiger partial charge in [-0.25, -0.2) is 0 Å². The molecule has 0 amide bonds. The van der Waals surface area contributed by atoms with Crippen LogP contribution in [-0.4, -0.2) is 4.98 Å². The Morgan fingerprint density at radius 2 is 1.65 bits per heavy atom. The molecule has 116 valence electrons. The topological polar surface area (TPSA) is 24.9 Å². The van der Waals surface area contributed by atoms with Crippen molar-refractivity contribution in [3.63, 3.8) is 0 Å². The quantitative estimate of drug-likeness (QED) is 0.678. The summed E-state index contributed by atoms with van der Waals surface area (Å²) in [7, 11) is 0. The SMILES string of the molecule is Cc1cc(C)cc(Nc2c3c(nc4ccccc24)CCCC3)c1. The second kappa shape index (κ2) is 5.69. The summed E-state index contributed by atoms with van der Waals surface area (Å²) >= 11 is 0. The fraction of sp³-hybridized carbons (Fsp3) is 0.286. The van der Waals surface area contributed by atoms with E-state index in [0.717, 1.165) is 18.4 Å². The predicted octanol–water partition coefficient (Wildman–Crippen LogP) is 5.47. The van der Waals surface area contributed by atoms with Crippen LogP contribution in [0.15, 0.2) is 42.5 Å². The standard InChI is InChI=1S/C21H22N2/c1-14-11-15(2)13-16(12-14)22-21-17-7-3-5-9-19(17)23-20-10-6-4-8-18(20)21/h3,5,7,9,11-13H,4,6,8,10H2,1-2H3,(H,22,23). The van der Waals surface area contributed by atoms with E-state index in [0.29, 0.717) is 0 Å². The molecule has 0 fully saturated rings. The molecular formula is C21H22N2. The van der Waals surface area contributed by atoms with E-state index in [9.17, 15) is 0 Å². The van der Waals surface area contributed by atoms with Crippen molar-refractivity contribution in [1.29, 1.82) is 0 Å². The molecule has 0 saturated carbocycles. The van der Waals surface area contributed by atoms with Crippen LogP contribution in [0.5, 0.6) is 0 Å². The zero-order valence-corrected chi connectivity index (χ0v) is 13.8. The van der Waals surface area contributed by atoms with Crippen molar-refractivity contribution in [2.75, 3.05) is 5.32 Å². The van der Waals surface area contributed by atoms with Crippen molar-refractivity contribution in [3.05, 3.63) is 64.8 Å². The van der Waals surface area contributed by atoms with Crippen LogP contribution in [-0.2, 0) is 12.8 Å². The molecule has 1 aromatic heterocycles. The van der Waals surface area contributed by atoms with E-state index in [1.165, 1.54) is 52.0 Å². The number of anilines is 2. The zero-order valence-electron chi connectivity index (χ0n) is 13.8. The minimum atomic E-state index is 1.10. The van der Waals surface area contributed by atoms with E-state index in [1.54, 1.807) is 0 Å². The van der Waals surface area contributed by atoms with Crippen LogP contribution < -0.4 is 5.32 Å². The van der Waals surface area contributed by atoms with Crippen LogP contribution in [0.4, 0.5) is 11.4 Å². The van der Waals surface area contributed by atoms with Gasteiger partial charge in [-0.05, 0) is 74.4 Å². The van der Waals surface area contributed by atoms with E-state index < -0.39 is 0 Å². The predicted molar refractivity (Wildman–Crippen MR) is 97.6 cm³/mol.